The van der Waals surface area contributed by atoms with E-state index in [1.807, 2.05) is 6.08 Å². The van der Waals surface area contributed by atoms with Crippen LogP contribution < -0.4 is 5.22 Å². The van der Waals surface area contributed by atoms with E-state index in [0.717, 1.165) is 0 Å². The lowest BCUT2D eigenvalue weighted by Gasteiger charge is -2.13. The molecule has 4 aromatic carbocycles. The second kappa shape index (κ2) is 5.40. The van der Waals surface area contributed by atoms with Crippen molar-refractivity contribution in [3.8, 4) is 11.1 Å². The molecule has 0 amide bonds. The Morgan fingerprint density at radius 3 is 2.30 bits per heavy atom. The second-order valence-electron chi connectivity index (χ2n) is 5.80. The first-order valence-electron chi connectivity index (χ1n) is 7.96. The molecule has 0 fully saturated rings. The predicted octanol–water partition coefficient (Wildman–Crippen LogP) is 5.82. The Bertz CT molecular complexity index is 1070. The molecular formula is C23H18. The molecule has 0 aliphatic carbocycles. The summed E-state index contributed by atoms with van der Waals surface area (Å²) in [4.78, 5) is 0. The predicted molar refractivity (Wildman–Crippen MR) is 102 cm³/mol. The molecule has 110 valence electrons. The van der Waals surface area contributed by atoms with Crippen molar-refractivity contribution in [1.29, 1.82) is 0 Å². The van der Waals surface area contributed by atoms with E-state index in [1.165, 1.54) is 43.5 Å². The van der Waals surface area contributed by atoms with Gasteiger partial charge in [-0.05, 0) is 50.4 Å². The van der Waals surface area contributed by atoms with Crippen molar-refractivity contribution in [2.75, 3.05) is 0 Å². The highest BCUT2D eigenvalue weighted by Crippen LogP contribution is 2.35. The van der Waals surface area contributed by atoms with Crippen LogP contribution in [0.3, 0.4) is 0 Å². The third-order valence-corrected chi connectivity index (χ3v) is 4.59. The molecule has 0 heterocycles. The molecule has 4 aromatic rings. The maximum Gasteiger partial charge on any atom is -0.00207 e. The molecule has 0 atom stereocenters. The van der Waals surface area contributed by atoms with Crippen LogP contribution in [0, 0.1) is 0 Å². The second-order valence-corrected chi connectivity index (χ2v) is 5.80. The van der Waals surface area contributed by atoms with Crippen LogP contribution in [-0.4, -0.2) is 0 Å². The summed E-state index contributed by atoms with van der Waals surface area (Å²) in [7, 11) is 0. The fraction of sp³-hybridized carbons (Fsp3) is 0.0435. The summed E-state index contributed by atoms with van der Waals surface area (Å²) in [5, 5.41) is 6.49. The van der Waals surface area contributed by atoms with E-state index in [4.69, 9.17) is 0 Å². The van der Waals surface area contributed by atoms with Crippen molar-refractivity contribution in [3.05, 3.63) is 84.1 Å². The molecule has 0 aliphatic rings. The van der Waals surface area contributed by atoms with Gasteiger partial charge in [0.15, 0.2) is 0 Å². The van der Waals surface area contributed by atoms with Gasteiger partial charge in [-0.25, -0.2) is 0 Å². The zero-order chi connectivity index (χ0) is 15.8. The van der Waals surface area contributed by atoms with Gasteiger partial charge in [0.1, 0.15) is 0 Å². The molecular weight excluding hydrogens is 276 g/mol. The Morgan fingerprint density at radius 2 is 1.57 bits per heavy atom. The molecule has 0 aromatic heterocycles. The summed E-state index contributed by atoms with van der Waals surface area (Å²) in [6, 6.07) is 23.9. The molecule has 0 saturated heterocycles. The number of rotatable bonds is 2. The molecule has 0 nitrogen and oxygen atoms in total. The van der Waals surface area contributed by atoms with Gasteiger partial charge in [-0.1, -0.05) is 85.5 Å². The van der Waals surface area contributed by atoms with Crippen LogP contribution in [0.1, 0.15) is 12.5 Å². The van der Waals surface area contributed by atoms with Gasteiger partial charge < -0.3 is 0 Å². The maximum atomic E-state index is 4.00. The molecule has 0 bridgehead atoms. The maximum absolute atomic E-state index is 4.00. The Kier molecular flexibility index (Phi) is 3.24. The molecule has 23 heavy (non-hydrogen) atoms. The zero-order valence-electron chi connectivity index (χ0n) is 13.2. The van der Waals surface area contributed by atoms with Gasteiger partial charge >= 0.3 is 0 Å². The summed E-state index contributed by atoms with van der Waals surface area (Å²) in [5.74, 6) is 0. The van der Waals surface area contributed by atoms with Crippen molar-refractivity contribution in [3.63, 3.8) is 0 Å². The minimum Gasteiger partial charge on any atom is -0.0984 e. The van der Waals surface area contributed by atoms with E-state index in [1.54, 1.807) is 0 Å². The van der Waals surface area contributed by atoms with E-state index in [-0.39, 0.29) is 0 Å². The van der Waals surface area contributed by atoms with Crippen LogP contribution in [0.2, 0.25) is 0 Å². The molecule has 4 rings (SSSR count). The Balaban J connectivity index is 2.24. The van der Waals surface area contributed by atoms with Crippen LogP contribution in [-0.2, 0) is 0 Å². The first-order valence-corrected chi connectivity index (χ1v) is 7.96. The van der Waals surface area contributed by atoms with Crippen molar-refractivity contribution < 1.29 is 0 Å². The first kappa shape index (κ1) is 13.8. The largest absolute Gasteiger partial charge is 0.0984 e. The van der Waals surface area contributed by atoms with E-state index in [0.29, 0.717) is 0 Å². The normalized spacial score (nSPS) is 12.1. The molecule has 0 aliphatic heterocycles. The minimum absolute atomic E-state index is 1.20. The van der Waals surface area contributed by atoms with Crippen molar-refractivity contribution in [2.45, 2.75) is 6.92 Å². The highest BCUT2D eigenvalue weighted by atomic mass is 14.1. The topological polar surface area (TPSA) is 0 Å². The van der Waals surface area contributed by atoms with E-state index >= 15 is 0 Å². The van der Waals surface area contributed by atoms with Crippen molar-refractivity contribution in [1.82, 2.24) is 0 Å². The average Bonchev–Trinajstić information content (AvgIpc) is 2.63. The Labute approximate surface area is 136 Å². The summed E-state index contributed by atoms with van der Waals surface area (Å²) in [5.41, 5.74) is 3.74. The molecule has 0 unspecified atom stereocenters. The smallest absolute Gasteiger partial charge is 0.00207 e. The zero-order valence-corrected chi connectivity index (χ0v) is 13.2. The number of benzene rings is 4. The SMILES string of the molecule is C=Cc1ccc2c(-c3ccccc3)ccc3cc/c(=C/C)c1c32. The van der Waals surface area contributed by atoms with Gasteiger partial charge in [-0.2, -0.15) is 0 Å². The summed E-state index contributed by atoms with van der Waals surface area (Å²) in [6.07, 6.45) is 4.13. The van der Waals surface area contributed by atoms with Gasteiger partial charge in [-0.15, -0.1) is 0 Å². The number of hydrogen-bond donors (Lipinski definition) is 0. The van der Waals surface area contributed by atoms with Gasteiger partial charge in [0.25, 0.3) is 0 Å². The third-order valence-electron chi connectivity index (χ3n) is 4.59. The van der Waals surface area contributed by atoms with Crippen LogP contribution in [0.5, 0.6) is 0 Å². The van der Waals surface area contributed by atoms with Crippen LogP contribution in [0.15, 0.2) is 73.3 Å². The summed E-state index contributed by atoms with van der Waals surface area (Å²) in [6.45, 7) is 6.09. The van der Waals surface area contributed by atoms with Gasteiger partial charge in [0.2, 0.25) is 0 Å². The monoisotopic (exact) mass is 294 g/mol. The van der Waals surface area contributed by atoms with Crippen molar-refractivity contribution >= 4 is 33.7 Å². The fourth-order valence-electron chi connectivity index (χ4n) is 3.48. The minimum atomic E-state index is 1.20. The van der Waals surface area contributed by atoms with E-state index in [9.17, 15) is 0 Å². The molecule has 0 radical (unpaired) electrons. The van der Waals surface area contributed by atoms with Crippen LogP contribution in [0.4, 0.5) is 0 Å². The van der Waals surface area contributed by atoms with E-state index in [2.05, 4.69) is 86.3 Å². The number of hydrogen-bond acceptors (Lipinski definition) is 0. The van der Waals surface area contributed by atoms with Crippen molar-refractivity contribution in [2.24, 2.45) is 0 Å². The van der Waals surface area contributed by atoms with Crippen LogP contribution >= 0.6 is 0 Å². The van der Waals surface area contributed by atoms with E-state index < -0.39 is 0 Å². The molecule has 0 spiro atoms. The van der Waals surface area contributed by atoms with Gasteiger partial charge in [0.05, 0.1) is 0 Å². The Hall–Kier alpha value is -2.86. The first-order chi connectivity index (χ1) is 11.3. The average molecular weight is 294 g/mol. The lowest BCUT2D eigenvalue weighted by Crippen LogP contribution is -2.03. The standard InChI is InChI=1S/C23H18/c1-3-16-10-11-19-13-14-20(18-8-6-5-7-9-18)21-15-12-17(4-2)22(16)23(19)21/h3-15H,2H2,1H3/b16-3-. The lowest BCUT2D eigenvalue weighted by molar-refractivity contribution is 1.63. The molecule has 0 N–H and O–H groups in total. The third kappa shape index (κ3) is 2.07. The molecule has 0 heteroatoms. The quantitative estimate of drug-likeness (QED) is 0.437. The molecule has 0 saturated carbocycles. The fourth-order valence-corrected chi connectivity index (χ4v) is 3.48. The van der Waals surface area contributed by atoms with Gasteiger partial charge in [-0.3, -0.25) is 0 Å². The summed E-state index contributed by atoms with van der Waals surface area (Å²) < 4.78 is 0. The Morgan fingerprint density at radius 1 is 0.783 bits per heavy atom. The van der Waals surface area contributed by atoms with Crippen LogP contribution in [0.25, 0.3) is 44.8 Å². The highest BCUT2D eigenvalue weighted by molar-refractivity contribution is 6.17. The highest BCUT2D eigenvalue weighted by Gasteiger charge is 2.10. The summed E-state index contributed by atoms with van der Waals surface area (Å²) >= 11 is 0. The lowest BCUT2D eigenvalue weighted by atomic mass is 9.90. The van der Waals surface area contributed by atoms with Gasteiger partial charge in [0, 0.05) is 0 Å².